The molecule has 0 bridgehead atoms. The zero-order valence-corrected chi connectivity index (χ0v) is 9.38. The number of rotatable bonds is 2. The first-order valence-electron chi connectivity index (χ1n) is 4.48. The van der Waals surface area contributed by atoms with E-state index in [1.807, 2.05) is 28.5 Å². The third-order valence-electron chi connectivity index (χ3n) is 2.48. The third kappa shape index (κ3) is 1.50. The first-order valence-corrected chi connectivity index (χ1v) is 5.71. The van der Waals surface area contributed by atoms with Crippen LogP contribution in [0.1, 0.15) is 19.4 Å². The number of thioether (sulfide) groups is 1. The molecule has 74 valence electrons. The Bertz CT molecular complexity index is 447. The van der Waals surface area contributed by atoms with Crippen molar-refractivity contribution < 1.29 is 0 Å². The van der Waals surface area contributed by atoms with Crippen molar-refractivity contribution in [2.24, 2.45) is 0 Å². The molecule has 2 aromatic rings. The zero-order chi connectivity index (χ0) is 10.2. The van der Waals surface area contributed by atoms with E-state index in [1.54, 1.807) is 6.33 Å². The van der Waals surface area contributed by atoms with E-state index in [0.717, 1.165) is 5.65 Å². The third-order valence-corrected chi connectivity index (χ3v) is 3.74. The molecule has 14 heavy (non-hydrogen) atoms. The molecule has 0 spiro atoms. The SMILES string of the molecule is CSC(C)(C)c1ccc2ncnn2c1. The van der Waals surface area contributed by atoms with Gasteiger partial charge in [0.05, 0.1) is 0 Å². The fourth-order valence-electron chi connectivity index (χ4n) is 1.29. The van der Waals surface area contributed by atoms with Gasteiger partial charge in [-0.1, -0.05) is 6.07 Å². The Kier molecular flexibility index (Phi) is 2.23. The quantitative estimate of drug-likeness (QED) is 0.757. The molecule has 3 nitrogen and oxygen atoms in total. The number of hydrogen-bond acceptors (Lipinski definition) is 3. The van der Waals surface area contributed by atoms with Gasteiger partial charge in [-0.05, 0) is 31.7 Å². The average molecular weight is 207 g/mol. The Morgan fingerprint density at radius 1 is 1.36 bits per heavy atom. The van der Waals surface area contributed by atoms with Gasteiger partial charge < -0.3 is 0 Å². The van der Waals surface area contributed by atoms with Crippen molar-refractivity contribution in [1.29, 1.82) is 0 Å². The van der Waals surface area contributed by atoms with E-state index >= 15 is 0 Å². The van der Waals surface area contributed by atoms with E-state index in [1.165, 1.54) is 5.56 Å². The highest BCUT2D eigenvalue weighted by molar-refractivity contribution is 7.99. The normalized spacial score (nSPS) is 12.2. The summed E-state index contributed by atoms with van der Waals surface area (Å²) in [5.74, 6) is 0. The largest absolute Gasteiger partial charge is 0.221 e. The summed E-state index contributed by atoms with van der Waals surface area (Å²) >= 11 is 1.83. The van der Waals surface area contributed by atoms with Crippen molar-refractivity contribution in [2.75, 3.05) is 6.26 Å². The molecular weight excluding hydrogens is 194 g/mol. The average Bonchev–Trinajstić information content (AvgIpc) is 2.64. The van der Waals surface area contributed by atoms with Crippen LogP contribution in [0, 0.1) is 0 Å². The maximum Gasteiger partial charge on any atom is 0.155 e. The highest BCUT2D eigenvalue weighted by Gasteiger charge is 2.19. The maximum atomic E-state index is 4.12. The van der Waals surface area contributed by atoms with Crippen molar-refractivity contribution in [3.8, 4) is 0 Å². The Hall–Kier alpha value is -1.03. The molecule has 2 rings (SSSR count). The van der Waals surface area contributed by atoms with Crippen molar-refractivity contribution in [2.45, 2.75) is 18.6 Å². The Balaban J connectivity index is 2.53. The molecule has 2 aromatic heterocycles. The summed E-state index contributed by atoms with van der Waals surface area (Å²) in [7, 11) is 0. The molecule has 0 amide bonds. The van der Waals surface area contributed by atoms with E-state index in [0.29, 0.717) is 0 Å². The molecule has 0 aliphatic carbocycles. The smallest absolute Gasteiger partial charge is 0.155 e. The summed E-state index contributed by atoms with van der Waals surface area (Å²) < 4.78 is 1.94. The summed E-state index contributed by atoms with van der Waals surface area (Å²) in [6.45, 7) is 4.41. The lowest BCUT2D eigenvalue weighted by Gasteiger charge is -2.22. The van der Waals surface area contributed by atoms with E-state index in [4.69, 9.17) is 0 Å². The van der Waals surface area contributed by atoms with Crippen LogP contribution in [0.15, 0.2) is 24.7 Å². The Morgan fingerprint density at radius 3 is 2.86 bits per heavy atom. The monoisotopic (exact) mass is 207 g/mol. The summed E-state index contributed by atoms with van der Waals surface area (Å²) in [5, 5.41) is 4.12. The van der Waals surface area contributed by atoms with Gasteiger partial charge in [-0.3, -0.25) is 0 Å². The molecule has 0 fully saturated rings. The van der Waals surface area contributed by atoms with Crippen LogP contribution in [0.5, 0.6) is 0 Å². The summed E-state index contributed by atoms with van der Waals surface area (Å²) in [6.07, 6.45) is 5.73. The van der Waals surface area contributed by atoms with Gasteiger partial charge in [-0.15, -0.1) is 0 Å². The van der Waals surface area contributed by atoms with Crippen LogP contribution >= 0.6 is 11.8 Å². The number of nitrogens with zero attached hydrogens (tertiary/aromatic N) is 3. The van der Waals surface area contributed by atoms with Gasteiger partial charge in [0.15, 0.2) is 5.65 Å². The predicted molar refractivity (Wildman–Crippen MR) is 59.5 cm³/mol. The van der Waals surface area contributed by atoms with Gasteiger partial charge in [0.25, 0.3) is 0 Å². The molecule has 0 saturated carbocycles. The second-order valence-corrected chi connectivity index (χ2v) is 5.12. The van der Waals surface area contributed by atoms with Gasteiger partial charge in [-0.25, -0.2) is 9.50 Å². The highest BCUT2D eigenvalue weighted by atomic mass is 32.2. The van der Waals surface area contributed by atoms with Crippen molar-refractivity contribution in [3.05, 3.63) is 30.2 Å². The molecule has 0 aliphatic rings. The van der Waals surface area contributed by atoms with E-state index in [9.17, 15) is 0 Å². The summed E-state index contributed by atoms with van der Waals surface area (Å²) in [6, 6.07) is 4.11. The number of hydrogen-bond donors (Lipinski definition) is 0. The lowest BCUT2D eigenvalue weighted by molar-refractivity contribution is 0.768. The van der Waals surface area contributed by atoms with Crippen molar-refractivity contribution in [1.82, 2.24) is 14.6 Å². The van der Waals surface area contributed by atoms with Gasteiger partial charge >= 0.3 is 0 Å². The number of aromatic nitrogens is 3. The van der Waals surface area contributed by atoms with Gasteiger partial charge in [-0.2, -0.15) is 16.9 Å². The van der Waals surface area contributed by atoms with E-state index in [2.05, 4.69) is 36.3 Å². The molecule has 0 radical (unpaired) electrons. The molecule has 0 saturated heterocycles. The lowest BCUT2D eigenvalue weighted by atomic mass is 10.1. The van der Waals surface area contributed by atoms with Crippen LogP contribution in [0.3, 0.4) is 0 Å². The van der Waals surface area contributed by atoms with Gasteiger partial charge in [0.1, 0.15) is 6.33 Å². The molecule has 2 heterocycles. The van der Waals surface area contributed by atoms with Crippen LogP contribution in [-0.2, 0) is 4.75 Å². The minimum absolute atomic E-state index is 0.125. The van der Waals surface area contributed by atoms with Crippen LogP contribution in [0.25, 0.3) is 5.65 Å². The van der Waals surface area contributed by atoms with Crippen LogP contribution < -0.4 is 0 Å². The number of fused-ring (bicyclic) bond motifs is 1. The topological polar surface area (TPSA) is 30.2 Å². The second-order valence-electron chi connectivity index (χ2n) is 3.70. The van der Waals surface area contributed by atoms with E-state index in [-0.39, 0.29) is 4.75 Å². The molecule has 4 heteroatoms. The first kappa shape index (κ1) is 9.52. The molecular formula is C10H13N3S. The van der Waals surface area contributed by atoms with E-state index < -0.39 is 0 Å². The van der Waals surface area contributed by atoms with Crippen LogP contribution in [0.4, 0.5) is 0 Å². The van der Waals surface area contributed by atoms with Gasteiger partial charge in [0.2, 0.25) is 0 Å². The Morgan fingerprint density at radius 2 is 2.14 bits per heavy atom. The molecule has 0 aromatic carbocycles. The predicted octanol–water partition coefficient (Wildman–Crippen LogP) is 2.33. The molecule has 0 aliphatic heterocycles. The second kappa shape index (κ2) is 3.28. The lowest BCUT2D eigenvalue weighted by Crippen LogP contribution is -2.12. The fourth-order valence-corrected chi connectivity index (χ4v) is 1.65. The van der Waals surface area contributed by atoms with Crippen molar-refractivity contribution in [3.63, 3.8) is 0 Å². The highest BCUT2D eigenvalue weighted by Crippen LogP contribution is 2.33. The zero-order valence-electron chi connectivity index (χ0n) is 8.56. The molecule has 0 unspecified atom stereocenters. The number of pyridine rings is 1. The molecule has 0 N–H and O–H groups in total. The van der Waals surface area contributed by atoms with Gasteiger partial charge in [0, 0.05) is 10.9 Å². The standard InChI is InChI=1S/C10H13N3S/c1-10(2,14-3)8-4-5-9-11-7-12-13(9)6-8/h4-7H,1-3H3. The van der Waals surface area contributed by atoms with Crippen LogP contribution in [0.2, 0.25) is 0 Å². The van der Waals surface area contributed by atoms with Crippen LogP contribution in [-0.4, -0.2) is 20.9 Å². The summed E-state index contributed by atoms with van der Waals surface area (Å²) in [5.41, 5.74) is 2.16. The first-order chi connectivity index (χ1) is 6.63. The Labute approximate surface area is 87.5 Å². The fraction of sp³-hybridized carbons (Fsp3) is 0.400. The van der Waals surface area contributed by atoms with Crippen molar-refractivity contribution >= 4 is 17.4 Å². The minimum atomic E-state index is 0.125. The summed E-state index contributed by atoms with van der Waals surface area (Å²) in [4.78, 5) is 4.11. The molecule has 0 atom stereocenters. The maximum absolute atomic E-state index is 4.12. The minimum Gasteiger partial charge on any atom is -0.221 e.